The van der Waals surface area contributed by atoms with E-state index in [1.807, 2.05) is 19.2 Å². The van der Waals surface area contributed by atoms with Crippen molar-refractivity contribution in [3.05, 3.63) is 23.9 Å². The zero-order valence-electron chi connectivity index (χ0n) is 9.48. The maximum Gasteiger partial charge on any atom is 0.133 e. The summed E-state index contributed by atoms with van der Waals surface area (Å²) in [5.41, 5.74) is 7.11. The van der Waals surface area contributed by atoms with E-state index in [0.29, 0.717) is 0 Å². The smallest absolute Gasteiger partial charge is 0.133 e. The molecule has 82 valence electrons. The zero-order valence-corrected chi connectivity index (χ0v) is 9.48. The molecule has 1 aliphatic rings. The van der Waals surface area contributed by atoms with Crippen molar-refractivity contribution >= 4 is 5.82 Å². The van der Waals surface area contributed by atoms with Crippen molar-refractivity contribution in [2.24, 2.45) is 11.7 Å². The molecule has 0 bridgehead atoms. The SMILES string of the molecule is CC1CCN(c2ncccc2[C@@H](C)N)C1. The van der Waals surface area contributed by atoms with Gasteiger partial charge in [-0.05, 0) is 25.3 Å². The van der Waals surface area contributed by atoms with Crippen LogP contribution in [0, 0.1) is 5.92 Å². The van der Waals surface area contributed by atoms with Crippen molar-refractivity contribution < 1.29 is 0 Å². The predicted octanol–water partition coefficient (Wildman–Crippen LogP) is 1.95. The van der Waals surface area contributed by atoms with Gasteiger partial charge in [0.15, 0.2) is 0 Å². The molecular formula is C12H19N3. The van der Waals surface area contributed by atoms with E-state index in [0.717, 1.165) is 30.4 Å². The molecule has 1 aromatic rings. The largest absolute Gasteiger partial charge is 0.356 e. The van der Waals surface area contributed by atoms with E-state index < -0.39 is 0 Å². The highest BCUT2D eigenvalue weighted by molar-refractivity contribution is 5.48. The Morgan fingerprint density at radius 2 is 2.40 bits per heavy atom. The molecule has 2 atom stereocenters. The first kappa shape index (κ1) is 10.4. The number of anilines is 1. The van der Waals surface area contributed by atoms with Crippen molar-refractivity contribution in [3.8, 4) is 0 Å². The summed E-state index contributed by atoms with van der Waals surface area (Å²) in [6.45, 7) is 6.52. The minimum absolute atomic E-state index is 0.0598. The molecule has 0 aromatic carbocycles. The van der Waals surface area contributed by atoms with Crippen LogP contribution in [0.5, 0.6) is 0 Å². The lowest BCUT2D eigenvalue weighted by Crippen LogP contribution is -2.23. The Balaban J connectivity index is 2.27. The Morgan fingerprint density at radius 1 is 1.60 bits per heavy atom. The van der Waals surface area contributed by atoms with Gasteiger partial charge < -0.3 is 10.6 Å². The molecule has 1 unspecified atom stereocenters. The fourth-order valence-corrected chi connectivity index (χ4v) is 2.16. The first-order valence-electron chi connectivity index (χ1n) is 5.64. The summed E-state index contributed by atoms with van der Waals surface area (Å²) in [6, 6.07) is 4.10. The van der Waals surface area contributed by atoms with Gasteiger partial charge in [0.1, 0.15) is 5.82 Å². The first-order valence-corrected chi connectivity index (χ1v) is 5.64. The van der Waals surface area contributed by atoms with Crippen LogP contribution < -0.4 is 10.6 Å². The Labute approximate surface area is 91.3 Å². The van der Waals surface area contributed by atoms with E-state index in [2.05, 4.69) is 22.9 Å². The normalized spacial score (nSPS) is 23.1. The highest BCUT2D eigenvalue weighted by Gasteiger charge is 2.22. The Bertz CT molecular complexity index is 335. The number of aromatic nitrogens is 1. The third-order valence-corrected chi connectivity index (χ3v) is 3.03. The third kappa shape index (κ3) is 2.12. The number of nitrogens with two attached hydrogens (primary N) is 1. The number of rotatable bonds is 2. The second kappa shape index (κ2) is 4.19. The lowest BCUT2D eigenvalue weighted by molar-refractivity contribution is 0.658. The Hall–Kier alpha value is -1.09. The van der Waals surface area contributed by atoms with Gasteiger partial charge in [0.05, 0.1) is 0 Å². The molecule has 0 amide bonds. The van der Waals surface area contributed by atoms with Gasteiger partial charge >= 0.3 is 0 Å². The van der Waals surface area contributed by atoms with Crippen LogP contribution in [0.4, 0.5) is 5.82 Å². The summed E-state index contributed by atoms with van der Waals surface area (Å²) in [7, 11) is 0. The average Bonchev–Trinajstić information content (AvgIpc) is 2.65. The molecule has 1 fully saturated rings. The van der Waals surface area contributed by atoms with Crippen LogP contribution in [0.2, 0.25) is 0 Å². The summed E-state index contributed by atoms with van der Waals surface area (Å²) in [6.07, 6.45) is 3.11. The van der Waals surface area contributed by atoms with E-state index in [1.165, 1.54) is 6.42 Å². The van der Waals surface area contributed by atoms with E-state index in [9.17, 15) is 0 Å². The van der Waals surface area contributed by atoms with E-state index in [4.69, 9.17) is 5.73 Å². The summed E-state index contributed by atoms with van der Waals surface area (Å²) >= 11 is 0. The number of hydrogen-bond donors (Lipinski definition) is 1. The van der Waals surface area contributed by atoms with Crippen LogP contribution in [0.25, 0.3) is 0 Å². The fourth-order valence-electron chi connectivity index (χ4n) is 2.16. The monoisotopic (exact) mass is 205 g/mol. The minimum atomic E-state index is 0.0598. The van der Waals surface area contributed by atoms with Crippen molar-refractivity contribution in [1.29, 1.82) is 0 Å². The lowest BCUT2D eigenvalue weighted by Gasteiger charge is -2.21. The number of pyridine rings is 1. The van der Waals surface area contributed by atoms with E-state index >= 15 is 0 Å². The van der Waals surface area contributed by atoms with Crippen LogP contribution in [-0.4, -0.2) is 18.1 Å². The second-order valence-electron chi connectivity index (χ2n) is 4.54. The van der Waals surface area contributed by atoms with E-state index in [-0.39, 0.29) is 6.04 Å². The summed E-state index contributed by atoms with van der Waals surface area (Å²) in [4.78, 5) is 6.81. The summed E-state index contributed by atoms with van der Waals surface area (Å²) in [5.74, 6) is 1.85. The molecule has 0 aliphatic carbocycles. The lowest BCUT2D eigenvalue weighted by atomic mass is 10.1. The van der Waals surface area contributed by atoms with Gasteiger partial charge in [-0.25, -0.2) is 4.98 Å². The maximum atomic E-state index is 5.95. The Morgan fingerprint density at radius 3 is 3.00 bits per heavy atom. The van der Waals surface area contributed by atoms with Crippen LogP contribution in [0.1, 0.15) is 31.9 Å². The molecule has 2 rings (SSSR count). The van der Waals surface area contributed by atoms with Crippen LogP contribution in [-0.2, 0) is 0 Å². The van der Waals surface area contributed by atoms with Gasteiger partial charge in [0.25, 0.3) is 0 Å². The minimum Gasteiger partial charge on any atom is -0.356 e. The molecule has 3 nitrogen and oxygen atoms in total. The van der Waals surface area contributed by atoms with Crippen LogP contribution >= 0.6 is 0 Å². The highest BCUT2D eigenvalue weighted by Crippen LogP contribution is 2.27. The predicted molar refractivity (Wildman–Crippen MR) is 62.8 cm³/mol. The van der Waals surface area contributed by atoms with Gasteiger partial charge in [0, 0.05) is 30.9 Å². The zero-order chi connectivity index (χ0) is 10.8. The van der Waals surface area contributed by atoms with Gasteiger partial charge in [0.2, 0.25) is 0 Å². The van der Waals surface area contributed by atoms with Crippen molar-refractivity contribution in [2.45, 2.75) is 26.3 Å². The van der Waals surface area contributed by atoms with Crippen molar-refractivity contribution in [3.63, 3.8) is 0 Å². The maximum absolute atomic E-state index is 5.95. The first-order chi connectivity index (χ1) is 7.18. The second-order valence-corrected chi connectivity index (χ2v) is 4.54. The van der Waals surface area contributed by atoms with Crippen molar-refractivity contribution in [2.75, 3.05) is 18.0 Å². The van der Waals surface area contributed by atoms with Gasteiger partial charge in [-0.3, -0.25) is 0 Å². The number of hydrogen-bond acceptors (Lipinski definition) is 3. The summed E-state index contributed by atoms with van der Waals surface area (Å²) in [5, 5.41) is 0. The molecule has 2 heterocycles. The quantitative estimate of drug-likeness (QED) is 0.802. The topological polar surface area (TPSA) is 42.2 Å². The fraction of sp³-hybridized carbons (Fsp3) is 0.583. The molecule has 0 radical (unpaired) electrons. The molecule has 0 spiro atoms. The molecule has 15 heavy (non-hydrogen) atoms. The van der Waals surface area contributed by atoms with E-state index in [1.54, 1.807) is 0 Å². The average molecular weight is 205 g/mol. The van der Waals surface area contributed by atoms with Gasteiger partial charge in [-0.15, -0.1) is 0 Å². The van der Waals surface area contributed by atoms with Crippen molar-refractivity contribution in [1.82, 2.24) is 4.98 Å². The molecule has 3 heteroatoms. The third-order valence-electron chi connectivity index (χ3n) is 3.03. The molecule has 0 saturated carbocycles. The highest BCUT2D eigenvalue weighted by atomic mass is 15.2. The molecule has 1 saturated heterocycles. The Kier molecular flexibility index (Phi) is 2.91. The molecule has 2 N–H and O–H groups in total. The standard InChI is InChI=1S/C12H19N3/c1-9-5-7-15(8-9)12-11(10(2)13)4-3-6-14-12/h3-4,6,9-10H,5,7-8,13H2,1-2H3/t9?,10-/m1/s1. The van der Waals surface area contributed by atoms with Crippen LogP contribution in [0.3, 0.4) is 0 Å². The van der Waals surface area contributed by atoms with Gasteiger partial charge in [-0.2, -0.15) is 0 Å². The molecule has 1 aliphatic heterocycles. The summed E-state index contributed by atoms with van der Waals surface area (Å²) < 4.78 is 0. The molecular weight excluding hydrogens is 186 g/mol. The number of nitrogens with zero attached hydrogens (tertiary/aromatic N) is 2. The molecule has 1 aromatic heterocycles. The van der Waals surface area contributed by atoms with Gasteiger partial charge in [-0.1, -0.05) is 13.0 Å². The van der Waals surface area contributed by atoms with Crippen LogP contribution in [0.15, 0.2) is 18.3 Å².